The zero-order valence-electron chi connectivity index (χ0n) is 8.32. The van der Waals surface area contributed by atoms with Crippen molar-refractivity contribution in [2.75, 3.05) is 19.7 Å². The highest BCUT2D eigenvalue weighted by Gasteiger charge is 2.27. The van der Waals surface area contributed by atoms with E-state index in [0.29, 0.717) is 0 Å². The predicted octanol–water partition coefficient (Wildman–Crippen LogP) is 1.54. The average molecular weight is 232 g/mol. The SMILES string of the molecule is Cl.OC[C@@H]1CNC[C@@H]1c1cccc(F)c1. The number of aliphatic hydroxyl groups is 1. The van der Waals surface area contributed by atoms with Gasteiger partial charge in [-0.05, 0) is 17.7 Å². The smallest absolute Gasteiger partial charge is 0.123 e. The second-order valence-electron chi connectivity index (χ2n) is 3.76. The fourth-order valence-electron chi connectivity index (χ4n) is 2.05. The number of hydrogen-bond donors (Lipinski definition) is 2. The van der Waals surface area contributed by atoms with Crippen LogP contribution in [-0.2, 0) is 0 Å². The Kier molecular flexibility index (Phi) is 4.51. The van der Waals surface area contributed by atoms with Crippen LogP contribution >= 0.6 is 12.4 Å². The Morgan fingerprint density at radius 2 is 2.20 bits per heavy atom. The van der Waals surface area contributed by atoms with Gasteiger partial charge < -0.3 is 10.4 Å². The molecule has 1 aliphatic rings. The fourth-order valence-corrected chi connectivity index (χ4v) is 2.05. The molecule has 4 heteroatoms. The molecule has 2 rings (SSSR count). The summed E-state index contributed by atoms with van der Waals surface area (Å²) in [6, 6.07) is 6.64. The van der Waals surface area contributed by atoms with Gasteiger partial charge in [-0.2, -0.15) is 0 Å². The highest BCUT2D eigenvalue weighted by atomic mass is 35.5. The third-order valence-corrected chi connectivity index (χ3v) is 2.85. The molecule has 1 aromatic carbocycles. The van der Waals surface area contributed by atoms with Crippen LogP contribution in [0.15, 0.2) is 24.3 Å². The van der Waals surface area contributed by atoms with Crippen LogP contribution in [0.25, 0.3) is 0 Å². The lowest BCUT2D eigenvalue weighted by molar-refractivity contribution is 0.226. The number of nitrogens with one attached hydrogen (secondary N) is 1. The van der Waals surface area contributed by atoms with Crippen LogP contribution in [0, 0.1) is 11.7 Å². The van der Waals surface area contributed by atoms with Gasteiger partial charge in [0.1, 0.15) is 5.82 Å². The van der Waals surface area contributed by atoms with Gasteiger partial charge in [0, 0.05) is 31.5 Å². The van der Waals surface area contributed by atoms with Gasteiger partial charge in [0.05, 0.1) is 0 Å². The maximum absolute atomic E-state index is 13.0. The summed E-state index contributed by atoms with van der Waals surface area (Å²) < 4.78 is 13.0. The van der Waals surface area contributed by atoms with Crippen molar-refractivity contribution in [3.8, 4) is 0 Å². The molecule has 2 atom stereocenters. The van der Waals surface area contributed by atoms with Crippen LogP contribution in [0.1, 0.15) is 11.5 Å². The summed E-state index contributed by atoms with van der Waals surface area (Å²) in [5.41, 5.74) is 0.981. The quantitative estimate of drug-likeness (QED) is 0.810. The molecule has 1 heterocycles. The second kappa shape index (κ2) is 5.45. The van der Waals surface area contributed by atoms with E-state index in [0.717, 1.165) is 18.7 Å². The molecule has 2 nitrogen and oxygen atoms in total. The minimum atomic E-state index is -0.203. The Labute approximate surface area is 94.9 Å². The van der Waals surface area contributed by atoms with E-state index in [1.807, 2.05) is 6.07 Å². The van der Waals surface area contributed by atoms with Crippen LogP contribution in [0.5, 0.6) is 0 Å². The van der Waals surface area contributed by atoms with E-state index in [9.17, 15) is 4.39 Å². The van der Waals surface area contributed by atoms with E-state index in [-0.39, 0.29) is 36.7 Å². The second-order valence-corrected chi connectivity index (χ2v) is 3.76. The largest absolute Gasteiger partial charge is 0.396 e. The Morgan fingerprint density at radius 3 is 2.87 bits per heavy atom. The van der Waals surface area contributed by atoms with Crippen molar-refractivity contribution in [2.45, 2.75) is 5.92 Å². The van der Waals surface area contributed by atoms with Crippen molar-refractivity contribution < 1.29 is 9.50 Å². The zero-order valence-corrected chi connectivity index (χ0v) is 9.14. The van der Waals surface area contributed by atoms with Crippen molar-refractivity contribution in [1.82, 2.24) is 5.32 Å². The van der Waals surface area contributed by atoms with Gasteiger partial charge in [-0.1, -0.05) is 12.1 Å². The molecule has 0 aliphatic carbocycles. The van der Waals surface area contributed by atoms with Gasteiger partial charge >= 0.3 is 0 Å². The van der Waals surface area contributed by atoms with E-state index < -0.39 is 0 Å². The summed E-state index contributed by atoms with van der Waals surface area (Å²) in [4.78, 5) is 0. The monoisotopic (exact) mass is 231 g/mol. The molecule has 0 spiro atoms. The number of aliphatic hydroxyl groups excluding tert-OH is 1. The van der Waals surface area contributed by atoms with Crippen molar-refractivity contribution in [2.24, 2.45) is 5.92 Å². The van der Waals surface area contributed by atoms with Crippen LogP contribution < -0.4 is 5.32 Å². The summed E-state index contributed by atoms with van der Waals surface area (Å²) in [5.74, 6) is 0.263. The molecular weight excluding hydrogens is 217 g/mol. The summed E-state index contributed by atoms with van der Waals surface area (Å²) in [7, 11) is 0. The lowest BCUT2D eigenvalue weighted by Crippen LogP contribution is -2.14. The standard InChI is InChI=1S/C11H14FNO.ClH/c12-10-3-1-2-8(4-10)11-6-13-5-9(11)7-14;/h1-4,9,11,13-14H,5-7H2;1H/t9-,11+;/m0./s1. The molecule has 2 N–H and O–H groups in total. The van der Waals surface area contributed by atoms with Crippen LogP contribution in [0.4, 0.5) is 4.39 Å². The van der Waals surface area contributed by atoms with Crippen molar-refractivity contribution in [3.63, 3.8) is 0 Å². The summed E-state index contributed by atoms with van der Waals surface area (Å²) >= 11 is 0. The first-order valence-electron chi connectivity index (χ1n) is 4.88. The van der Waals surface area contributed by atoms with Crippen molar-refractivity contribution >= 4 is 12.4 Å². The fraction of sp³-hybridized carbons (Fsp3) is 0.455. The lowest BCUT2D eigenvalue weighted by Gasteiger charge is -2.16. The Hall–Kier alpha value is -0.640. The third kappa shape index (κ3) is 2.68. The molecule has 15 heavy (non-hydrogen) atoms. The molecule has 1 fully saturated rings. The van der Waals surface area contributed by atoms with E-state index in [2.05, 4.69) is 5.32 Å². The van der Waals surface area contributed by atoms with E-state index in [1.165, 1.54) is 6.07 Å². The molecule has 0 saturated carbocycles. The van der Waals surface area contributed by atoms with E-state index in [4.69, 9.17) is 5.11 Å². The highest BCUT2D eigenvalue weighted by Crippen LogP contribution is 2.27. The first-order valence-corrected chi connectivity index (χ1v) is 4.88. The van der Waals surface area contributed by atoms with Crippen LogP contribution in [0.2, 0.25) is 0 Å². The zero-order chi connectivity index (χ0) is 9.97. The van der Waals surface area contributed by atoms with Gasteiger partial charge in [0.2, 0.25) is 0 Å². The lowest BCUT2D eigenvalue weighted by atomic mass is 9.89. The van der Waals surface area contributed by atoms with Gasteiger partial charge in [-0.15, -0.1) is 12.4 Å². The van der Waals surface area contributed by atoms with Gasteiger partial charge in [-0.3, -0.25) is 0 Å². The number of benzene rings is 1. The summed E-state index contributed by atoms with van der Waals surface area (Å²) in [6.07, 6.45) is 0. The normalized spacial score (nSPS) is 24.9. The van der Waals surface area contributed by atoms with Gasteiger partial charge in [0.25, 0.3) is 0 Å². The van der Waals surface area contributed by atoms with Gasteiger partial charge in [0.15, 0.2) is 0 Å². The van der Waals surface area contributed by atoms with Crippen LogP contribution in [0.3, 0.4) is 0 Å². The summed E-state index contributed by atoms with van der Waals surface area (Å²) in [6.45, 7) is 1.81. The first-order chi connectivity index (χ1) is 6.81. The molecule has 1 aromatic rings. The molecule has 0 bridgehead atoms. The number of rotatable bonds is 2. The highest BCUT2D eigenvalue weighted by molar-refractivity contribution is 5.85. The van der Waals surface area contributed by atoms with Crippen molar-refractivity contribution in [3.05, 3.63) is 35.6 Å². The van der Waals surface area contributed by atoms with E-state index in [1.54, 1.807) is 12.1 Å². The minimum absolute atomic E-state index is 0. The number of hydrogen-bond acceptors (Lipinski definition) is 2. The Balaban J connectivity index is 0.00000112. The predicted molar refractivity (Wildman–Crippen MR) is 59.8 cm³/mol. The topological polar surface area (TPSA) is 32.3 Å². The maximum Gasteiger partial charge on any atom is 0.123 e. The minimum Gasteiger partial charge on any atom is -0.396 e. The molecule has 0 unspecified atom stereocenters. The maximum atomic E-state index is 13.0. The van der Waals surface area contributed by atoms with Gasteiger partial charge in [-0.25, -0.2) is 4.39 Å². The van der Waals surface area contributed by atoms with Crippen LogP contribution in [-0.4, -0.2) is 24.8 Å². The first kappa shape index (κ1) is 12.4. The molecule has 0 radical (unpaired) electrons. The molecule has 1 aliphatic heterocycles. The van der Waals surface area contributed by atoms with Crippen molar-refractivity contribution in [1.29, 1.82) is 0 Å². The molecule has 0 aromatic heterocycles. The molecule has 1 saturated heterocycles. The number of halogens is 2. The Morgan fingerprint density at radius 1 is 1.40 bits per heavy atom. The summed E-state index contributed by atoms with van der Waals surface area (Å²) in [5, 5.41) is 12.3. The Bertz CT molecular complexity index is 321. The molecule has 0 amide bonds. The molecule has 84 valence electrons. The third-order valence-electron chi connectivity index (χ3n) is 2.85. The van der Waals surface area contributed by atoms with E-state index >= 15 is 0 Å². The molecular formula is C11H15ClFNO. The average Bonchev–Trinajstić information content (AvgIpc) is 2.65.